The normalized spacial score (nSPS) is 13.3. The molecule has 0 bridgehead atoms. The summed E-state index contributed by atoms with van der Waals surface area (Å²) in [6, 6.07) is 5.27. The van der Waals surface area contributed by atoms with Gasteiger partial charge < -0.3 is 15.4 Å². The zero-order chi connectivity index (χ0) is 17.7. The van der Waals surface area contributed by atoms with E-state index in [0.717, 1.165) is 4.47 Å². The van der Waals surface area contributed by atoms with E-state index < -0.39 is 0 Å². The first-order valence-corrected chi connectivity index (χ1v) is 8.45. The zero-order valence-corrected chi connectivity index (χ0v) is 15.2. The van der Waals surface area contributed by atoms with Crippen molar-refractivity contribution in [3.63, 3.8) is 0 Å². The van der Waals surface area contributed by atoms with Gasteiger partial charge in [-0.05, 0) is 18.2 Å². The molecule has 3 amide bonds. The van der Waals surface area contributed by atoms with Gasteiger partial charge in [0.05, 0.1) is 5.69 Å². The van der Waals surface area contributed by atoms with Gasteiger partial charge in [0, 0.05) is 23.5 Å². The molecule has 1 aromatic carbocycles. The number of nitrogens with one attached hydrogen (secondary N) is 2. The highest BCUT2D eigenvalue weighted by atomic mass is 79.9. The first-order valence-electron chi connectivity index (χ1n) is 7.65. The van der Waals surface area contributed by atoms with Crippen LogP contribution < -0.4 is 20.3 Å². The molecule has 2 rings (SSSR count). The predicted octanol–water partition coefficient (Wildman–Crippen LogP) is 1.06. The molecule has 0 spiro atoms. The van der Waals surface area contributed by atoms with Crippen molar-refractivity contribution >= 4 is 39.3 Å². The molecule has 0 aliphatic carbocycles. The molecule has 0 radical (unpaired) electrons. The number of nitrogens with zero attached hydrogens (tertiary/aromatic N) is 1. The van der Waals surface area contributed by atoms with Gasteiger partial charge in [0.25, 0.3) is 5.91 Å². The lowest BCUT2D eigenvalue weighted by molar-refractivity contribution is -0.125. The van der Waals surface area contributed by atoms with E-state index in [1.807, 2.05) is 0 Å². The Morgan fingerprint density at radius 1 is 1.29 bits per heavy atom. The van der Waals surface area contributed by atoms with Crippen molar-refractivity contribution in [2.75, 3.05) is 31.1 Å². The predicted molar refractivity (Wildman–Crippen MR) is 92.8 cm³/mol. The van der Waals surface area contributed by atoms with Crippen LogP contribution >= 0.6 is 15.9 Å². The molecule has 0 unspecified atom stereocenters. The Morgan fingerprint density at radius 3 is 2.71 bits per heavy atom. The molecule has 0 atom stereocenters. The van der Waals surface area contributed by atoms with Crippen LogP contribution in [0.4, 0.5) is 5.69 Å². The molecular weight excluding hydrogens is 378 g/mol. The molecule has 0 saturated heterocycles. The SMILES string of the molecule is CC(C)C(=O)NCCNC(=O)CN1C(=O)COc2cc(Br)ccc21. The molecule has 0 saturated carbocycles. The maximum atomic E-state index is 12.0. The Labute approximate surface area is 148 Å². The fourth-order valence-corrected chi connectivity index (χ4v) is 2.48. The highest BCUT2D eigenvalue weighted by molar-refractivity contribution is 9.10. The lowest BCUT2D eigenvalue weighted by Crippen LogP contribution is -2.46. The van der Waals surface area contributed by atoms with Crippen LogP contribution in [0.5, 0.6) is 5.75 Å². The van der Waals surface area contributed by atoms with E-state index in [4.69, 9.17) is 4.74 Å². The van der Waals surface area contributed by atoms with Crippen molar-refractivity contribution in [3.8, 4) is 5.75 Å². The number of rotatable bonds is 6. The number of fused-ring (bicyclic) bond motifs is 1. The molecule has 1 heterocycles. The van der Waals surface area contributed by atoms with Crippen LogP contribution in [-0.4, -0.2) is 44.0 Å². The molecule has 1 aliphatic heterocycles. The summed E-state index contributed by atoms with van der Waals surface area (Å²) in [6.45, 7) is 4.07. The standard InChI is InChI=1S/C16H20BrN3O4/c1-10(2)16(23)19-6-5-18-14(21)8-20-12-4-3-11(17)7-13(12)24-9-15(20)22/h3-4,7,10H,5-6,8-9H2,1-2H3,(H,18,21)(H,19,23). The van der Waals surface area contributed by atoms with Crippen LogP contribution in [0.3, 0.4) is 0 Å². The van der Waals surface area contributed by atoms with Crippen molar-refractivity contribution < 1.29 is 19.1 Å². The molecule has 130 valence electrons. The first-order chi connectivity index (χ1) is 11.4. The first kappa shape index (κ1) is 18.3. The lowest BCUT2D eigenvalue weighted by Gasteiger charge is -2.29. The van der Waals surface area contributed by atoms with E-state index in [2.05, 4.69) is 26.6 Å². The number of hydrogen-bond donors (Lipinski definition) is 2. The second kappa shape index (κ2) is 8.14. The van der Waals surface area contributed by atoms with E-state index in [0.29, 0.717) is 24.5 Å². The zero-order valence-electron chi connectivity index (χ0n) is 13.6. The summed E-state index contributed by atoms with van der Waals surface area (Å²) in [5, 5.41) is 5.40. The summed E-state index contributed by atoms with van der Waals surface area (Å²) >= 11 is 3.34. The second-order valence-corrected chi connectivity index (χ2v) is 6.59. The van der Waals surface area contributed by atoms with Crippen molar-refractivity contribution in [3.05, 3.63) is 22.7 Å². The Kier molecular flexibility index (Phi) is 6.19. The van der Waals surface area contributed by atoms with Gasteiger partial charge in [-0.1, -0.05) is 29.8 Å². The largest absolute Gasteiger partial charge is 0.482 e. The quantitative estimate of drug-likeness (QED) is 0.702. The number of benzene rings is 1. The van der Waals surface area contributed by atoms with Gasteiger partial charge in [-0.25, -0.2) is 0 Å². The maximum Gasteiger partial charge on any atom is 0.265 e. The third-order valence-corrected chi connectivity index (χ3v) is 3.93. The number of ether oxygens (including phenoxy) is 1. The molecule has 2 N–H and O–H groups in total. The van der Waals surface area contributed by atoms with Gasteiger partial charge >= 0.3 is 0 Å². The number of amides is 3. The molecule has 1 aromatic rings. The lowest BCUT2D eigenvalue weighted by atomic mass is 10.2. The summed E-state index contributed by atoms with van der Waals surface area (Å²) in [5.41, 5.74) is 0.567. The van der Waals surface area contributed by atoms with Crippen molar-refractivity contribution in [1.29, 1.82) is 0 Å². The fraction of sp³-hybridized carbons (Fsp3) is 0.438. The van der Waals surface area contributed by atoms with Gasteiger partial charge in [0.15, 0.2) is 6.61 Å². The molecule has 1 aliphatic rings. The fourth-order valence-electron chi connectivity index (χ4n) is 2.14. The van der Waals surface area contributed by atoms with Crippen LogP contribution in [0.15, 0.2) is 22.7 Å². The Hall–Kier alpha value is -2.09. The topological polar surface area (TPSA) is 87.7 Å². The summed E-state index contributed by atoms with van der Waals surface area (Å²) in [6.07, 6.45) is 0. The van der Waals surface area contributed by atoms with Crippen molar-refractivity contribution in [1.82, 2.24) is 10.6 Å². The number of carbonyl (C=O) groups excluding carboxylic acids is 3. The second-order valence-electron chi connectivity index (χ2n) is 5.68. The number of halogens is 1. The summed E-state index contributed by atoms with van der Waals surface area (Å²) in [5.74, 6) is -0.165. The summed E-state index contributed by atoms with van der Waals surface area (Å²) < 4.78 is 6.21. The van der Waals surface area contributed by atoms with Gasteiger partial charge in [0.1, 0.15) is 12.3 Å². The van der Waals surface area contributed by atoms with Gasteiger partial charge in [-0.2, -0.15) is 0 Å². The minimum Gasteiger partial charge on any atom is -0.482 e. The van der Waals surface area contributed by atoms with Crippen LogP contribution in [0.2, 0.25) is 0 Å². The highest BCUT2D eigenvalue weighted by Gasteiger charge is 2.27. The average molecular weight is 398 g/mol. The maximum absolute atomic E-state index is 12.0. The molecule has 0 fully saturated rings. The Balaban J connectivity index is 1.88. The van der Waals surface area contributed by atoms with Gasteiger partial charge in [-0.3, -0.25) is 19.3 Å². The van der Waals surface area contributed by atoms with E-state index in [9.17, 15) is 14.4 Å². The Morgan fingerprint density at radius 2 is 2.00 bits per heavy atom. The smallest absolute Gasteiger partial charge is 0.265 e. The van der Waals surface area contributed by atoms with Crippen LogP contribution in [0.1, 0.15) is 13.8 Å². The minimum atomic E-state index is -0.294. The minimum absolute atomic E-state index is 0.0629. The van der Waals surface area contributed by atoms with Crippen LogP contribution in [0.25, 0.3) is 0 Å². The number of carbonyl (C=O) groups is 3. The average Bonchev–Trinajstić information content (AvgIpc) is 2.54. The van der Waals surface area contributed by atoms with Crippen molar-refractivity contribution in [2.45, 2.75) is 13.8 Å². The Bertz CT molecular complexity index is 648. The molecule has 8 heteroatoms. The molecule has 7 nitrogen and oxygen atoms in total. The number of anilines is 1. The summed E-state index contributed by atoms with van der Waals surface area (Å²) in [4.78, 5) is 36.9. The summed E-state index contributed by atoms with van der Waals surface area (Å²) in [7, 11) is 0. The van der Waals surface area contributed by atoms with Crippen LogP contribution in [0, 0.1) is 5.92 Å². The third-order valence-electron chi connectivity index (χ3n) is 3.44. The van der Waals surface area contributed by atoms with E-state index >= 15 is 0 Å². The van der Waals surface area contributed by atoms with Crippen molar-refractivity contribution in [2.24, 2.45) is 5.92 Å². The van der Waals surface area contributed by atoms with E-state index in [1.165, 1.54) is 4.90 Å². The number of hydrogen-bond acceptors (Lipinski definition) is 4. The van der Waals surface area contributed by atoms with E-state index in [1.54, 1.807) is 32.0 Å². The monoisotopic (exact) mass is 397 g/mol. The van der Waals surface area contributed by atoms with Crippen LogP contribution in [-0.2, 0) is 14.4 Å². The molecule has 0 aromatic heterocycles. The molecular formula is C16H20BrN3O4. The highest BCUT2D eigenvalue weighted by Crippen LogP contribution is 2.34. The molecule has 24 heavy (non-hydrogen) atoms. The van der Waals surface area contributed by atoms with E-state index in [-0.39, 0.29) is 36.8 Å². The van der Waals surface area contributed by atoms with Gasteiger partial charge in [-0.15, -0.1) is 0 Å². The third kappa shape index (κ3) is 4.70. The van der Waals surface area contributed by atoms with Gasteiger partial charge in [0.2, 0.25) is 11.8 Å².